The lowest BCUT2D eigenvalue weighted by atomic mass is 10.0. The Bertz CT molecular complexity index is 557. The summed E-state index contributed by atoms with van der Waals surface area (Å²) < 4.78 is 5.46. The van der Waals surface area contributed by atoms with Crippen LogP contribution in [0.4, 0.5) is 0 Å². The molecule has 1 aliphatic heterocycles. The lowest BCUT2D eigenvalue weighted by molar-refractivity contribution is -0.0124. The highest BCUT2D eigenvalue weighted by atomic mass is 16.5. The number of aliphatic hydroxyl groups is 1. The summed E-state index contributed by atoms with van der Waals surface area (Å²) >= 11 is 0. The highest BCUT2D eigenvalue weighted by molar-refractivity contribution is 5.96. The number of hydrogen-bond donors (Lipinski definition) is 1. The van der Waals surface area contributed by atoms with Crippen LogP contribution in [0.5, 0.6) is 0 Å². The van der Waals surface area contributed by atoms with Gasteiger partial charge in [-0.3, -0.25) is 4.79 Å². The summed E-state index contributed by atoms with van der Waals surface area (Å²) in [4.78, 5) is 14.4. The number of aryl methyl sites for hydroxylation is 1. The Morgan fingerprint density at radius 2 is 2.35 bits per heavy atom. The zero-order valence-corrected chi connectivity index (χ0v) is 11.8. The molecular weight excluding hydrogens is 254 g/mol. The van der Waals surface area contributed by atoms with Crippen LogP contribution >= 0.6 is 0 Å². The van der Waals surface area contributed by atoms with E-state index in [-0.39, 0.29) is 18.6 Å². The molecule has 0 spiro atoms. The summed E-state index contributed by atoms with van der Waals surface area (Å²) in [6.07, 6.45) is 0.0744. The molecule has 1 saturated heterocycles. The maximum atomic E-state index is 12.6. The van der Waals surface area contributed by atoms with Gasteiger partial charge in [-0.15, -0.1) is 0 Å². The van der Waals surface area contributed by atoms with Gasteiger partial charge in [0.1, 0.15) is 6.61 Å². The van der Waals surface area contributed by atoms with Gasteiger partial charge in [0.25, 0.3) is 5.91 Å². The highest BCUT2D eigenvalue weighted by Crippen LogP contribution is 2.15. The average molecular weight is 273 g/mol. The smallest absolute Gasteiger partial charge is 0.254 e. The van der Waals surface area contributed by atoms with Gasteiger partial charge in [0.15, 0.2) is 0 Å². The van der Waals surface area contributed by atoms with Crippen LogP contribution < -0.4 is 0 Å². The van der Waals surface area contributed by atoms with Gasteiger partial charge in [-0.1, -0.05) is 17.9 Å². The van der Waals surface area contributed by atoms with Crippen molar-refractivity contribution in [3.63, 3.8) is 0 Å². The second-order valence-electron chi connectivity index (χ2n) is 4.92. The van der Waals surface area contributed by atoms with E-state index in [0.29, 0.717) is 25.3 Å². The number of ether oxygens (including phenoxy) is 1. The van der Waals surface area contributed by atoms with Crippen LogP contribution in [0, 0.1) is 18.8 Å². The van der Waals surface area contributed by atoms with Gasteiger partial charge in [0, 0.05) is 24.2 Å². The van der Waals surface area contributed by atoms with E-state index < -0.39 is 0 Å². The van der Waals surface area contributed by atoms with Gasteiger partial charge >= 0.3 is 0 Å². The third-order valence-electron chi connectivity index (χ3n) is 3.31. The number of benzene rings is 1. The molecule has 1 aromatic rings. The van der Waals surface area contributed by atoms with E-state index in [4.69, 9.17) is 9.84 Å². The van der Waals surface area contributed by atoms with Gasteiger partial charge in [0.2, 0.25) is 0 Å². The van der Waals surface area contributed by atoms with Crippen molar-refractivity contribution in [2.24, 2.45) is 0 Å². The molecular formula is C16H19NO3. The minimum absolute atomic E-state index is 0.0188. The number of hydrogen-bond acceptors (Lipinski definition) is 3. The third kappa shape index (κ3) is 3.38. The molecule has 0 aliphatic carbocycles. The van der Waals surface area contributed by atoms with Crippen molar-refractivity contribution in [1.82, 2.24) is 4.90 Å². The van der Waals surface area contributed by atoms with Gasteiger partial charge < -0.3 is 14.7 Å². The standard InChI is InChI=1S/C16H19NO3/c1-12-5-6-14(4-3-8-18)10-15(12)16(19)17-7-9-20-13(2)11-17/h5-6,10,13,18H,7-9,11H2,1-2H3. The molecule has 1 N–H and O–H groups in total. The summed E-state index contributed by atoms with van der Waals surface area (Å²) in [6, 6.07) is 5.54. The van der Waals surface area contributed by atoms with Crippen molar-refractivity contribution in [2.75, 3.05) is 26.3 Å². The SMILES string of the molecule is Cc1ccc(C#CCO)cc1C(=O)N1CCOC(C)C1. The first-order valence-corrected chi connectivity index (χ1v) is 6.73. The lowest BCUT2D eigenvalue weighted by Gasteiger charge is -2.31. The highest BCUT2D eigenvalue weighted by Gasteiger charge is 2.23. The predicted octanol–water partition coefficient (Wildman–Crippen LogP) is 1.20. The molecule has 4 heteroatoms. The van der Waals surface area contributed by atoms with E-state index in [0.717, 1.165) is 11.1 Å². The van der Waals surface area contributed by atoms with Crippen molar-refractivity contribution in [2.45, 2.75) is 20.0 Å². The molecule has 4 nitrogen and oxygen atoms in total. The van der Waals surface area contributed by atoms with Crippen molar-refractivity contribution < 1.29 is 14.6 Å². The van der Waals surface area contributed by atoms with Gasteiger partial charge in [-0.2, -0.15) is 0 Å². The van der Waals surface area contributed by atoms with Crippen molar-refractivity contribution >= 4 is 5.91 Å². The fourth-order valence-electron chi connectivity index (χ4n) is 2.24. The van der Waals surface area contributed by atoms with Crippen LogP contribution in [0.2, 0.25) is 0 Å². The number of amides is 1. The number of morpholine rings is 1. The first-order chi connectivity index (χ1) is 9.61. The molecule has 0 aromatic heterocycles. The molecule has 0 saturated carbocycles. The molecule has 1 aromatic carbocycles. The number of rotatable bonds is 1. The molecule has 0 radical (unpaired) electrons. The van der Waals surface area contributed by atoms with Gasteiger partial charge in [0.05, 0.1) is 12.7 Å². The lowest BCUT2D eigenvalue weighted by Crippen LogP contribution is -2.44. The summed E-state index contributed by atoms with van der Waals surface area (Å²) in [5.74, 6) is 5.45. The van der Waals surface area contributed by atoms with Crippen molar-refractivity contribution in [3.05, 3.63) is 34.9 Å². The Morgan fingerprint density at radius 3 is 3.05 bits per heavy atom. The molecule has 1 aliphatic rings. The predicted molar refractivity (Wildman–Crippen MR) is 76.5 cm³/mol. The molecule has 20 heavy (non-hydrogen) atoms. The number of carbonyl (C=O) groups is 1. The number of aliphatic hydroxyl groups excluding tert-OH is 1. The fourth-order valence-corrected chi connectivity index (χ4v) is 2.24. The Labute approximate surface area is 119 Å². The average Bonchev–Trinajstić information content (AvgIpc) is 2.45. The summed E-state index contributed by atoms with van der Waals surface area (Å²) in [7, 11) is 0. The first-order valence-electron chi connectivity index (χ1n) is 6.73. The molecule has 1 atom stereocenters. The van der Waals surface area contributed by atoms with Crippen LogP contribution in [-0.4, -0.2) is 48.3 Å². The van der Waals surface area contributed by atoms with E-state index in [9.17, 15) is 4.79 Å². The Kier molecular flexibility index (Phi) is 4.78. The molecule has 1 fully saturated rings. The molecule has 2 rings (SSSR count). The van der Waals surface area contributed by atoms with Crippen LogP contribution in [-0.2, 0) is 4.74 Å². The zero-order chi connectivity index (χ0) is 14.5. The molecule has 0 bridgehead atoms. The maximum absolute atomic E-state index is 12.6. The quantitative estimate of drug-likeness (QED) is 0.782. The van der Waals surface area contributed by atoms with Crippen LogP contribution in [0.15, 0.2) is 18.2 Å². The molecule has 1 unspecified atom stereocenters. The summed E-state index contributed by atoms with van der Waals surface area (Å²) in [5.41, 5.74) is 2.35. The minimum atomic E-state index is -0.182. The van der Waals surface area contributed by atoms with Crippen LogP contribution in [0.1, 0.15) is 28.4 Å². The van der Waals surface area contributed by atoms with E-state index >= 15 is 0 Å². The largest absolute Gasteiger partial charge is 0.384 e. The Hall–Kier alpha value is -1.83. The summed E-state index contributed by atoms with van der Waals surface area (Å²) in [6.45, 7) is 5.52. The molecule has 106 valence electrons. The van der Waals surface area contributed by atoms with Crippen molar-refractivity contribution in [3.8, 4) is 11.8 Å². The second kappa shape index (κ2) is 6.56. The van der Waals surface area contributed by atoms with E-state index in [2.05, 4.69) is 11.8 Å². The van der Waals surface area contributed by atoms with Crippen LogP contribution in [0.3, 0.4) is 0 Å². The third-order valence-corrected chi connectivity index (χ3v) is 3.31. The van der Waals surface area contributed by atoms with Gasteiger partial charge in [-0.25, -0.2) is 0 Å². The molecule has 1 heterocycles. The number of carbonyl (C=O) groups excluding carboxylic acids is 1. The monoisotopic (exact) mass is 273 g/mol. The van der Waals surface area contributed by atoms with Crippen molar-refractivity contribution in [1.29, 1.82) is 0 Å². The van der Waals surface area contributed by atoms with Crippen LogP contribution in [0.25, 0.3) is 0 Å². The molecule has 1 amide bonds. The topological polar surface area (TPSA) is 49.8 Å². The Morgan fingerprint density at radius 1 is 1.55 bits per heavy atom. The maximum Gasteiger partial charge on any atom is 0.254 e. The Balaban J connectivity index is 2.24. The normalized spacial score (nSPS) is 18.4. The van der Waals surface area contributed by atoms with E-state index in [1.54, 1.807) is 6.07 Å². The van der Waals surface area contributed by atoms with E-state index in [1.807, 2.05) is 30.9 Å². The van der Waals surface area contributed by atoms with Gasteiger partial charge in [-0.05, 0) is 31.5 Å². The first kappa shape index (κ1) is 14.6. The number of nitrogens with zero attached hydrogens (tertiary/aromatic N) is 1. The van der Waals surface area contributed by atoms with E-state index in [1.165, 1.54) is 0 Å². The zero-order valence-electron chi connectivity index (χ0n) is 11.8. The second-order valence-corrected chi connectivity index (χ2v) is 4.92. The fraction of sp³-hybridized carbons (Fsp3) is 0.438. The summed E-state index contributed by atoms with van der Waals surface area (Å²) in [5, 5.41) is 8.73. The minimum Gasteiger partial charge on any atom is -0.384 e.